The van der Waals surface area contributed by atoms with Gasteiger partial charge in [-0.3, -0.25) is 4.79 Å². The van der Waals surface area contributed by atoms with Crippen LogP contribution in [0.25, 0.3) is 11.1 Å². The molecule has 0 spiro atoms. The first-order valence-corrected chi connectivity index (χ1v) is 11.0. The van der Waals surface area contributed by atoms with Gasteiger partial charge >= 0.3 is 5.97 Å². The molecule has 0 saturated carbocycles. The number of carbonyl (C=O) groups is 2. The minimum absolute atomic E-state index is 0.202. The summed E-state index contributed by atoms with van der Waals surface area (Å²) in [4.78, 5) is 25.1. The number of halogens is 1. The van der Waals surface area contributed by atoms with Crippen molar-refractivity contribution in [2.45, 2.75) is 26.7 Å². The van der Waals surface area contributed by atoms with Gasteiger partial charge in [-0.1, -0.05) is 24.3 Å². The molecule has 0 saturated heterocycles. The van der Waals surface area contributed by atoms with Gasteiger partial charge in [0, 0.05) is 17.4 Å². The highest BCUT2D eigenvalue weighted by atomic mass is 32.1. The Hall–Kier alpha value is -3.19. The lowest BCUT2D eigenvalue weighted by Crippen LogP contribution is -2.15. The number of rotatable bonds is 9. The number of anilines is 1. The normalized spacial score (nSPS) is 10.5. The lowest BCUT2D eigenvalue weighted by Gasteiger charge is -2.09. The number of esters is 1. The Bertz CT molecular complexity index is 1030. The minimum atomic E-state index is -0.523. The maximum atomic E-state index is 13.3. The van der Waals surface area contributed by atoms with Gasteiger partial charge in [0.15, 0.2) is 0 Å². The summed E-state index contributed by atoms with van der Waals surface area (Å²) >= 11 is 1.24. The first-order valence-electron chi connectivity index (χ1n) is 10.1. The number of carbonyl (C=O) groups excluding carboxylic acids is 2. The Morgan fingerprint density at radius 3 is 2.35 bits per heavy atom. The number of benzene rings is 2. The Morgan fingerprint density at radius 2 is 1.71 bits per heavy atom. The van der Waals surface area contributed by atoms with E-state index in [2.05, 4.69) is 5.32 Å². The summed E-state index contributed by atoms with van der Waals surface area (Å²) in [5, 5.41) is 5.02. The number of amides is 1. The molecule has 7 heteroatoms. The molecule has 0 fully saturated rings. The summed E-state index contributed by atoms with van der Waals surface area (Å²) in [5.41, 5.74) is 2.58. The van der Waals surface area contributed by atoms with Gasteiger partial charge in [0.25, 0.3) is 0 Å². The smallest absolute Gasteiger partial charge is 0.341 e. The molecule has 0 atom stereocenters. The standard InChI is InChI=1S/C24H24FNO4S/c1-3-29-19-12-5-16(6-13-19)7-14-21(27)26-23-22(24(28)30-4-2)20(15-31-23)17-8-10-18(25)11-9-17/h5-6,8-13,15H,3-4,7,14H2,1-2H3,(H,26,27). The van der Waals surface area contributed by atoms with Gasteiger partial charge in [0.05, 0.1) is 13.2 Å². The molecule has 1 heterocycles. The number of thiophene rings is 1. The number of aryl methyl sites for hydroxylation is 1. The van der Waals surface area contributed by atoms with Crippen molar-refractivity contribution in [2.75, 3.05) is 18.5 Å². The molecular weight excluding hydrogens is 417 g/mol. The lowest BCUT2D eigenvalue weighted by atomic mass is 10.0. The van der Waals surface area contributed by atoms with E-state index >= 15 is 0 Å². The Labute approximate surface area is 184 Å². The minimum Gasteiger partial charge on any atom is -0.494 e. The van der Waals surface area contributed by atoms with Gasteiger partial charge in [-0.25, -0.2) is 9.18 Å². The van der Waals surface area contributed by atoms with Gasteiger partial charge in [-0.2, -0.15) is 0 Å². The zero-order valence-corrected chi connectivity index (χ0v) is 18.3. The maximum absolute atomic E-state index is 13.3. The first-order chi connectivity index (χ1) is 15.0. The SMILES string of the molecule is CCOC(=O)c1c(-c2ccc(F)cc2)csc1NC(=O)CCc1ccc(OCC)cc1. The molecule has 31 heavy (non-hydrogen) atoms. The molecule has 1 aromatic heterocycles. The highest BCUT2D eigenvalue weighted by Gasteiger charge is 2.22. The summed E-state index contributed by atoms with van der Waals surface area (Å²) in [6.45, 7) is 4.46. The van der Waals surface area contributed by atoms with Crippen LogP contribution in [0.2, 0.25) is 0 Å². The fraction of sp³-hybridized carbons (Fsp3) is 0.250. The fourth-order valence-corrected chi connectivity index (χ4v) is 4.04. The molecule has 0 aliphatic heterocycles. The summed E-state index contributed by atoms with van der Waals surface area (Å²) in [5.74, 6) is -0.294. The van der Waals surface area contributed by atoms with Crippen molar-refractivity contribution in [3.05, 3.63) is 70.9 Å². The van der Waals surface area contributed by atoms with Gasteiger partial charge in [-0.15, -0.1) is 11.3 Å². The van der Waals surface area contributed by atoms with E-state index in [-0.39, 0.29) is 30.3 Å². The molecule has 0 radical (unpaired) electrons. The van der Waals surface area contributed by atoms with Crippen molar-refractivity contribution in [2.24, 2.45) is 0 Å². The topological polar surface area (TPSA) is 64.6 Å². The quantitative estimate of drug-likeness (QED) is 0.433. The number of nitrogens with one attached hydrogen (secondary N) is 1. The van der Waals surface area contributed by atoms with Crippen LogP contribution in [0, 0.1) is 5.82 Å². The largest absolute Gasteiger partial charge is 0.494 e. The first kappa shape index (κ1) is 22.5. The number of hydrogen-bond acceptors (Lipinski definition) is 5. The van der Waals surface area contributed by atoms with Crippen LogP contribution < -0.4 is 10.1 Å². The van der Waals surface area contributed by atoms with Crippen LogP contribution in [0.1, 0.15) is 36.2 Å². The molecule has 3 aromatic rings. The van der Waals surface area contributed by atoms with E-state index in [1.807, 2.05) is 31.2 Å². The molecular formula is C24H24FNO4S. The van der Waals surface area contributed by atoms with Crippen LogP contribution >= 0.6 is 11.3 Å². The number of ether oxygens (including phenoxy) is 2. The molecule has 3 rings (SSSR count). The van der Waals surface area contributed by atoms with E-state index in [9.17, 15) is 14.0 Å². The van der Waals surface area contributed by atoms with Crippen molar-refractivity contribution in [1.29, 1.82) is 0 Å². The Balaban J connectivity index is 1.73. The van der Waals surface area contributed by atoms with Crippen molar-refractivity contribution < 1.29 is 23.5 Å². The summed E-state index contributed by atoms with van der Waals surface area (Å²) in [6.07, 6.45) is 0.823. The molecule has 0 bridgehead atoms. The molecule has 162 valence electrons. The van der Waals surface area contributed by atoms with E-state index in [0.717, 1.165) is 11.3 Å². The molecule has 0 aliphatic rings. The van der Waals surface area contributed by atoms with Crippen LogP contribution in [0.3, 0.4) is 0 Å². The third-order valence-corrected chi connectivity index (χ3v) is 5.45. The lowest BCUT2D eigenvalue weighted by molar-refractivity contribution is -0.116. The van der Waals surface area contributed by atoms with Gasteiger partial charge in [0.2, 0.25) is 5.91 Å². The second kappa shape index (κ2) is 10.7. The molecule has 1 N–H and O–H groups in total. The monoisotopic (exact) mass is 441 g/mol. The fourth-order valence-electron chi connectivity index (χ4n) is 3.06. The van der Waals surface area contributed by atoms with Crippen molar-refractivity contribution in [3.8, 4) is 16.9 Å². The predicted molar refractivity (Wildman–Crippen MR) is 120 cm³/mol. The van der Waals surface area contributed by atoms with Gasteiger partial charge in [0.1, 0.15) is 22.1 Å². The third-order valence-electron chi connectivity index (χ3n) is 4.55. The average Bonchev–Trinajstić information content (AvgIpc) is 3.17. The van der Waals surface area contributed by atoms with Crippen molar-refractivity contribution >= 4 is 28.2 Å². The summed E-state index contributed by atoms with van der Waals surface area (Å²) < 4.78 is 23.9. The second-order valence-electron chi connectivity index (χ2n) is 6.71. The van der Waals surface area contributed by atoms with Gasteiger partial charge < -0.3 is 14.8 Å². The van der Waals surface area contributed by atoms with Crippen LogP contribution in [-0.4, -0.2) is 25.1 Å². The molecule has 0 unspecified atom stereocenters. The zero-order valence-electron chi connectivity index (χ0n) is 17.4. The summed E-state index contributed by atoms with van der Waals surface area (Å²) in [7, 11) is 0. The Kier molecular flexibility index (Phi) is 7.78. The molecule has 1 amide bonds. The van der Waals surface area contributed by atoms with Crippen LogP contribution in [0.5, 0.6) is 5.75 Å². The van der Waals surface area contributed by atoms with E-state index in [1.54, 1.807) is 24.4 Å². The molecule has 5 nitrogen and oxygen atoms in total. The highest BCUT2D eigenvalue weighted by Crippen LogP contribution is 2.36. The average molecular weight is 442 g/mol. The maximum Gasteiger partial charge on any atom is 0.341 e. The second-order valence-corrected chi connectivity index (χ2v) is 7.59. The van der Waals surface area contributed by atoms with E-state index in [1.165, 1.54) is 23.5 Å². The molecule has 0 aliphatic carbocycles. The zero-order chi connectivity index (χ0) is 22.2. The van der Waals surface area contributed by atoms with E-state index in [0.29, 0.717) is 29.2 Å². The van der Waals surface area contributed by atoms with E-state index < -0.39 is 5.97 Å². The Morgan fingerprint density at radius 1 is 1.00 bits per heavy atom. The summed E-state index contributed by atoms with van der Waals surface area (Å²) in [6, 6.07) is 13.5. The van der Waals surface area contributed by atoms with E-state index in [4.69, 9.17) is 9.47 Å². The van der Waals surface area contributed by atoms with Crippen LogP contribution in [-0.2, 0) is 16.0 Å². The van der Waals surface area contributed by atoms with Crippen molar-refractivity contribution in [1.82, 2.24) is 0 Å². The third kappa shape index (κ3) is 5.92. The molecule has 2 aromatic carbocycles. The number of hydrogen-bond donors (Lipinski definition) is 1. The van der Waals surface area contributed by atoms with Crippen LogP contribution in [0.15, 0.2) is 53.9 Å². The predicted octanol–water partition coefficient (Wildman–Crippen LogP) is 5.70. The van der Waals surface area contributed by atoms with Crippen molar-refractivity contribution in [3.63, 3.8) is 0 Å². The van der Waals surface area contributed by atoms with Gasteiger partial charge in [-0.05, 0) is 55.7 Å². The highest BCUT2D eigenvalue weighted by molar-refractivity contribution is 7.15. The van der Waals surface area contributed by atoms with Crippen LogP contribution in [0.4, 0.5) is 9.39 Å².